The van der Waals surface area contributed by atoms with Gasteiger partial charge in [-0.25, -0.2) is 0 Å². The molecule has 1 amide bonds. The SMILES string of the molecule is CCCCc1ccc(N2C(=O)C(=Cc3ccc(-c4ccc([N+](=O)[O-])cc4)o3)SC2=S)cc1. The lowest BCUT2D eigenvalue weighted by Gasteiger charge is -2.15. The number of hydrogen-bond acceptors (Lipinski definition) is 6. The lowest BCUT2D eigenvalue weighted by Crippen LogP contribution is -2.27. The van der Waals surface area contributed by atoms with Crippen LogP contribution in [0.5, 0.6) is 0 Å². The number of non-ortho nitro benzene ring substituents is 1. The van der Waals surface area contributed by atoms with E-state index < -0.39 is 4.92 Å². The summed E-state index contributed by atoms with van der Waals surface area (Å²) in [6.45, 7) is 2.16. The number of unbranched alkanes of at least 4 members (excludes halogenated alkanes) is 1. The van der Waals surface area contributed by atoms with Crippen LogP contribution in [0.1, 0.15) is 31.1 Å². The van der Waals surface area contributed by atoms with Gasteiger partial charge in [-0.3, -0.25) is 19.8 Å². The number of amides is 1. The Morgan fingerprint density at radius 3 is 2.47 bits per heavy atom. The first-order valence-corrected chi connectivity index (χ1v) is 11.4. The van der Waals surface area contributed by atoms with Crippen molar-refractivity contribution in [3.63, 3.8) is 0 Å². The molecule has 1 fully saturated rings. The van der Waals surface area contributed by atoms with Gasteiger partial charge in [0.05, 0.1) is 15.5 Å². The average molecular weight is 465 g/mol. The summed E-state index contributed by atoms with van der Waals surface area (Å²) in [7, 11) is 0. The second-order valence-electron chi connectivity index (χ2n) is 7.29. The van der Waals surface area contributed by atoms with E-state index in [0.29, 0.717) is 26.3 Å². The van der Waals surface area contributed by atoms with Crippen LogP contribution in [0.15, 0.2) is 70.0 Å². The van der Waals surface area contributed by atoms with E-state index >= 15 is 0 Å². The molecule has 32 heavy (non-hydrogen) atoms. The summed E-state index contributed by atoms with van der Waals surface area (Å²) in [6, 6.07) is 17.6. The standard InChI is InChI=1S/C24H20N2O4S2/c1-2-3-4-16-5-9-18(10-6-16)25-23(27)22(32-24(25)31)15-20-13-14-21(30-20)17-7-11-19(12-8-17)26(28)29/h5-15H,2-4H2,1H3. The van der Waals surface area contributed by atoms with Gasteiger partial charge in [0, 0.05) is 23.8 Å². The quantitative estimate of drug-likeness (QED) is 0.170. The number of thioether (sulfide) groups is 1. The topological polar surface area (TPSA) is 76.6 Å². The molecular weight excluding hydrogens is 444 g/mol. The predicted molar refractivity (Wildman–Crippen MR) is 132 cm³/mol. The highest BCUT2D eigenvalue weighted by atomic mass is 32.2. The van der Waals surface area contributed by atoms with Crippen LogP contribution in [-0.4, -0.2) is 15.2 Å². The molecule has 0 spiro atoms. The number of nitro groups is 1. The number of thiocarbonyl (C=S) groups is 1. The molecule has 0 atom stereocenters. The smallest absolute Gasteiger partial charge is 0.270 e. The highest BCUT2D eigenvalue weighted by Gasteiger charge is 2.33. The lowest BCUT2D eigenvalue weighted by molar-refractivity contribution is -0.384. The van der Waals surface area contributed by atoms with E-state index in [-0.39, 0.29) is 11.6 Å². The van der Waals surface area contributed by atoms with Crippen molar-refractivity contribution >= 4 is 51.7 Å². The lowest BCUT2D eigenvalue weighted by atomic mass is 10.1. The molecule has 0 saturated carbocycles. The number of rotatable bonds is 7. The van der Waals surface area contributed by atoms with Crippen molar-refractivity contribution in [1.82, 2.24) is 0 Å². The second-order valence-corrected chi connectivity index (χ2v) is 8.97. The van der Waals surface area contributed by atoms with Crippen LogP contribution in [-0.2, 0) is 11.2 Å². The van der Waals surface area contributed by atoms with Gasteiger partial charge in [-0.1, -0.05) is 49.5 Å². The first-order chi connectivity index (χ1) is 15.5. The Labute approximate surface area is 195 Å². The molecule has 2 aromatic carbocycles. The molecule has 1 aliphatic heterocycles. The number of hydrogen-bond donors (Lipinski definition) is 0. The molecule has 0 bridgehead atoms. The minimum atomic E-state index is -0.446. The molecule has 1 aliphatic rings. The molecule has 0 aliphatic carbocycles. The molecule has 162 valence electrons. The van der Waals surface area contributed by atoms with Gasteiger partial charge in [-0.15, -0.1) is 0 Å². The fourth-order valence-electron chi connectivity index (χ4n) is 3.35. The van der Waals surface area contributed by atoms with Gasteiger partial charge in [0.1, 0.15) is 11.5 Å². The summed E-state index contributed by atoms with van der Waals surface area (Å²) < 4.78 is 6.31. The van der Waals surface area contributed by atoms with Crippen LogP contribution in [0.25, 0.3) is 17.4 Å². The number of carbonyl (C=O) groups is 1. The van der Waals surface area contributed by atoms with Crippen LogP contribution >= 0.6 is 24.0 Å². The van der Waals surface area contributed by atoms with Crippen LogP contribution in [0, 0.1) is 10.1 Å². The van der Waals surface area contributed by atoms with Crippen LogP contribution < -0.4 is 4.90 Å². The number of aryl methyl sites for hydroxylation is 1. The van der Waals surface area contributed by atoms with Crippen molar-refractivity contribution in [3.05, 3.63) is 87.0 Å². The fraction of sp³-hybridized carbons (Fsp3) is 0.167. The van der Waals surface area contributed by atoms with Gasteiger partial charge in [-0.2, -0.15) is 0 Å². The minimum Gasteiger partial charge on any atom is -0.457 e. The average Bonchev–Trinajstić information content (AvgIpc) is 3.37. The summed E-state index contributed by atoms with van der Waals surface area (Å²) in [6.07, 6.45) is 4.96. The molecule has 1 saturated heterocycles. The number of anilines is 1. The predicted octanol–water partition coefficient (Wildman–Crippen LogP) is 6.60. The summed E-state index contributed by atoms with van der Waals surface area (Å²) >= 11 is 6.69. The summed E-state index contributed by atoms with van der Waals surface area (Å²) in [4.78, 5) is 25.4. The molecule has 2 heterocycles. The molecular formula is C24H20N2O4S2. The highest BCUT2D eigenvalue weighted by Crippen LogP contribution is 2.37. The Morgan fingerprint density at radius 1 is 1.09 bits per heavy atom. The van der Waals surface area contributed by atoms with Crippen molar-refractivity contribution in [2.45, 2.75) is 26.2 Å². The maximum Gasteiger partial charge on any atom is 0.270 e. The Kier molecular flexibility index (Phi) is 6.53. The largest absolute Gasteiger partial charge is 0.457 e. The molecule has 4 rings (SSSR count). The van der Waals surface area contributed by atoms with Crippen molar-refractivity contribution in [1.29, 1.82) is 0 Å². The van der Waals surface area contributed by atoms with Gasteiger partial charge in [0.25, 0.3) is 11.6 Å². The summed E-state index contributed by atoms with van der Waals surface area (Å²) in [5.41, 5.74) is 2.72. The van der Waals surface area contributed by atoms with Crippen molar-refractivity contribution in [2.75, 3.05) is 4.90 Å². The van der Waals surface area contributed by atoms with Gasteiger partial charge >= 0.3 is 0 Å². The van der Waals surface area contributed by atoms with E-state index in [4.69, 9.17) is 16.6 Å². The summed E-state index contributed by atoms with van der Waals surface area (Å²) in [5.74, 6) is 0.882. The van der Waals surface area contributed by atoms with Crippen molar-refractivity contribution < 1.29 is 14.1 Å². The van der Waals surface area contributed by atoms with Crippen LogP contribution in [0.3, 0.4) is 0 Å². The molecule has 3 aromatic rings. The minimum absolute atomic E-state index is 0.0163. The molecule has 0 radical (unpaired) electrons. The zero-order chi connectivity index (χ0) is 22.7. The van der Waals surface area contributed by atoms with Gasteiger partial charge in [-0.05, 0) is 54.8 Å². The Hall–Kier alpha value is -3.23. The zero-order valence-corrected chi connectivity index (χ0v) is 18.9. The molecule has 0 N–H and O–H groups in total. The Bertz CT molecular complexity index is 1200. The van der Waals surface area contributed by atoms with Gasteiger partial charge < -0.3 is 4.42 Å². The van der Waals surface area contributed by atoms with Crippen LogP contribution in [0.4, 0.5) is 11.4 Å². The van der Waals surface area contributed by atoms with E-state index in [1.807, 2.05) is 24.3 Å². The number of carbonyl (C=O) groups excluding carboxylic acids is 1. The second kappa shape index (κ2) is 9.50. The molecule has 0 unspecified atom stereocenters. The first-order valence-electron chi connectivity index (χ1n) is 10.2. The third-order valence-corrected chi connectivity index (χ3v) is 6.37. The maximum absolute atomic E-state index is 13.0. The first kappa shape index (κ1) is 22.0. The van der Waals surface area contributed by atoms with E-state index in [0.717, 1.165) is 24.9 Å². The third-order valence-electron chi connectivity index (χ3n) is 5.07. The van der Waals surface area contributed by atoms with Crippen molar-refractivity contribution in [2.24, 2.45) is 0 Å². The van der Waals surface area contributed by atoms with Gasteiger partial charge in [0.15, 0.2) is 4.32 Å². The summed E-state index contributed by atoms with van der Waals surface area (Å²) in [5, 5.41) is 10.8. The zero-order valence-electron chi connectivity index (χ0n) is 17.3. The molecule has 6 nitrogen and oxygen atoms in total. The number of nitrogens with zero attached hydrogens (tertiary/aromatic N) is 2. The van der Waals surface area contributed by atoms with Crippen molar-refractivity contribution in [3.8, 4) is 11.3 Å². The maximum atomic E-state index is 13.0. The Balaban J connectivity index is 1.51. The molecule has 1 aromatic heterocycles. The normalized spacial score (nSPS) is 15.0. The Morgan fingerprint density at radius 2 is 1.81 bits per heavy atom. The number of furan rings is 1. The van der Waals surface area contributed by atoms with E-state index in [1.54, 1.807) is 30.3 Å². The van der Waals surface area contributed by atoms with Gasteiger partial charge in [0.2, 0.25) is 0 Å². The van der Waals surface area contributed by atoms with E-state index in [2.05, 4.69) is 6.92 Å². The fourth-order valence-corrected chi connectivity index (χ4v) is 4.62. The van der Waals surface area contributed by atoms with E-state index in [9.17, 15) is 14.9 Å². The monoisotopic (exact) mass is 464 g/mol. The van der Waals surface area contributed by atoms with E-state index in [1.165, 1.54) is 34.4 Å². The highest BCUT2D eigenvalue weighted by molar-refractivity contribution is 8.27. The third kappa shape index (κ3) is 4.66. The number of benzene rings is 2. The van der Waals surface area contributed by atoms with Crippen LogP contribution in [0.2, 0.25) is 0 Å². The molecule has 8 heteroatoms. The number of nitro benzene ring substituents is 1.